The molecule has 0 aliphatic heterocycles. The van der Waals surface area contributed by atoms with E-state index < -0.39 is 0 Å². The van der Waals surface area contributed by atoms with Crippen molar-refractivity contribution in [3.05, 3.63) is 0 Å². The number of primary amides is 1. The lowest BCUT2D eigenvalue weighted by Gasteiger charge is -2.30. The average Bonchev–Trinajstić information content (AvgIpc) is 3.08. The molecule has 2 aliphatic carbocycles. The van der Waals surface area contributed by atoms with Crippen LogP contribution in [0.15, 0.2) is 0 Å². The molecule has 3 heteroatoms. The van der Waals surface area contributed by atoms with Crippen LogP contribution in [0.3, 0.4) is 0 Å². The molecule has 0 aromatic heterocycles. The molecule has 0 saturated heterocycles. The van der Waals surface area contributed by atoms with E-state index in [1.165, 1.54) is 38.5 Å². The fraction of sp³-hybridized carbons (Fsp3) is 0.923. The Kier molecular flexibility index (Phi) is 4.22. The molecule has 3 nitrogen and oxygen atoms in total. The number of carbonyl (C=O) groups excluding carboxylic acids is 1. The van der Waals surface area contributed by atoms with E-state index in [1.807, 2.05) is 0 Å². The predicted octanol–water partition coefficient (Wildman–Crippen LogP) is 1.81. The van der Waals surface area contributed by atoms with Gasteiger partial charge >= 0.3 is 0 Å². The summed E-state index contributed by atoms with van der Waals surface area (Å²) in [4.78, 5) is 10.6. The zero-order valence-corrected chi connectivity index (χ0v) is 10.1. The minimum Gasteiger partial charge on any atom is -0.370 e. The molecular formula is C13H24N2O. The first-order valence-corrected chi connectivity index (χ1v) is 6.77. The van der Waals surface area contributed by atoms with Gasteiger partial charge in [-0.2, -0.15) is 0 Å². The molecule has 0 heterocycles. The third-order valence-corrected chi connectivity index (χ3v) is 4.04. The van der Waals surface area contributed by atoms with E-state index in [-0.39, 0.29) is 5.91 Å². The van der Waals surface area contributed by atoms with Gasteiger partial charge in [-0.05, 0) is 50.5 Å². The molecule has 1 amide bonds. The Bertz CT molecular complexity index is 238. The van der Waals surface area contributed by atoms with Crippen LogP contribution in [0, 0.1) is 11.8 Å². The Morgan fingerprint density at radius 1 is 1.19 bits per heavy atom. The number of nitrogens with one attached hydrogen (secondary N) is 1. The summed E-state index contributed by atoms with van der Waals surface area (Å²) in [5, 5.41) is 3.58. The van der Waals surface area contributed by atoms with Crippen LogP contribution in [-0.4, -0.2) is 18.5 Å². The van der Waals surface area contributed by atoms with E-state index in [9.17, 15) is 4.79 Å². The second-order valence-corrected chi connectivity index (χ2v) is 5.49. The number of rotatable bonds is 6. The first-order chi connectivity index (χ1) is 7.75. The molecule has 0 aromatic rings. The standard InChI is InChI=1S/C13H24N2O/c14-13(16)5-2-8-15-12-4-1-3-11(9-12)10-6-7-10/h10-12,15H,1-9H2,(H2,14,16). The number of hydrogen-bond donors (Lipinski definition) is 2. The summed E-state index contributed by atoms with van der Waals surface area (Å²) >= 11 is 0. The highest BCUT2D eigenvalue weighted by Crippen LogP contribution is 2.43. The first-order valence-electron chi connectivity index (χ1n) is 6.77. The molecule has 2 aliphatic rings. The lowest BCUT2D eigenvalue weighted by atomic mass is 9.82. The summed E-state index contributed by atoms with van der Waals surface area (Å²) in [6.45, 7) is 0.949. The number of nitrogens with two attached hydrogens (primary N) is 1. The zero-order valence-electron chi connectivity index (χ0n) is 10.1. The van der Waals surface area contributed by atoms with Gasteiger partial charge in [0, 0.05) is 12.5 Å². The summed E-state index contributed by atoms with van der Waals surface area (Å²) in [6.07, 6.45) is 9.86. The smallest absolute Gasteiger partial charge is 0.217 e. The highest BCUT2D eigenvalue weighted by molar-refractivity contribution is 5.73. The lowest BCUT2D eigenvalue weighted by Crippen LogP contribution is -2.35. The van der Waals surface area contributed by atoms with Gasteiger partial charge in [-0.15, -0.1) is 0 Å². The van der Waals surface area contributed by atoms with Gasteiger partial charge in [0.1, 0.15) is 0 Å². The molecule has 16 heavy (non-hydrogen) atoms. The maximum atomic E-state index is 10.6. The summed E-state index contributed by atoms with van der Waals surface area (Å²) in [7, 11) is 0. The molecule has 2 saturated carbocycles. The Morgan fingerprint density at radius 2 is 2.00 bits per heavy atom. The van der Waals surface area contributed by atoms with Crippen molar-refractivity contribution in [2.45, 2.75) is 57.4 Å². The van der Waals surface area contributed by atoms with Crippen LogP contribution in [0.1, 0.15) is 51.4 Å². The maximum Gasteiger partial charge on any atom is 0.217 e. The van der Waals surface area contributed by atoms with Gasteiger partial charge in [0.15, 0.2) is 0 Å². The van der Waals surface area contributed by atoms with Crippen molar-refractivity contribution in [2.75, 3.05) is 6.54 Å². The monoisotopic (exact) mass is 224 g/mol. The number of hydrogen-bond acceptors (Lipinski definition) is 2. The molecule has 2 atom stereocenters. The zero-order chi connectivity index (χ0) is 11.4. The second kappa shape index (κ2) is 5.67. The second-order valence-electron chi connectivity index (χ2n) is 5.49. The van der Waals surface area contributed by atoms with Gasteiger partial charge in [0.25, 0.3) is 0 Å². The Balaban J connectivity index is 1.59. The van der Waals surface area contributed by atoms with Crippen LogP contribution in [0.4, 0.5) is 0 Å². The number of carbonyl (C=O) groups is 1. The van der Waals surface area contributed by atoms with Gasteiger partial charge in [-0.25, -0.2) is 0 Å². The SMILES string of the molecule is NC(=O)CCCNC1CCCC(C2CC2)C1. The minimum atomic E-state index is -0.179. The normalized spacial score (nSPS) is 30.2. The van der Waals surface area contributed by atoms with Gasteiger partial charge in [0.2, 0.25) is 5.91 Å². The molecule has 0 spiro atoms. The fourth-order valence-electron chi connectivity index (χ4n) is 2.98. The quantitative estimate of drug-likeness (QED) is 0.676. The van der Waals surface area contributed by atoms with Crippen LogP contribution < -0.4 is 11.1 Å². The van der Waals surface area contributed by atoms with E-state index in [1.54, 1.807) is 0 Å². The highest BCUT2D eigenvalue weighted by Gasteiger charge is 2.34. The van der Waals surface area contributed by atoms with Crippen molar-refractivity contribution in [3.8, 4) is 0 Å². The molecule has 2 fully saturated rings. The predicted molar refractivity (Wildman–Crippen MR) is 64.9 cm³/mol. The molecule has 0 radical (unpaired) electrons. The Labute approximate surface area is 98.2 Å². The third-order valence-electron chi connectivity index (χ3n) is 4.04. The van der Waals surface area contributed by atoms with E-state index in [2.05, 4.69) is 5.32 Å². The van der Waals surface area contributed by atoms with E-state index >= 15 is 0 Å². The van der Waals surface area contributed by atoms with Crippen molar-refractivity contribution in [2.24, 2.45) is 17.6 Å². The summed E-state index contributed by atoms with van der Waals surface area (Å²) in [6, 6.07) is 0.701. The van der Waals surface area contributed by atoms with Crippen LogP contribution >= 0.6 is 0 Å². The summed E-state index contributed by atoms with van der Waals surface area (Å²) in [5.41, 5.74) is 5.12. The summed E-state index contributed by atoms with van der Waals surface area (Å²) in [5.74, 6) is 1.86. The molecule has 2 rings (SSSR count). The molecule has 3 N–H and O–H groups in total. The fourth-order valence-corrected chi connectivity index (χ4v) is 2.98. The molecule has 2 unspecified atom stereocenters. The Morgan fingerprint density at radius 3 is 2.69 bits per heavy atom. The van der Waals surface area contributed by atoms with Crippen molar-refractivity contribution in [1.29, 1.82) is 0 Å². The average molecular weight is 224 g/mol. The maximum absolute atomic E-state index is 10.6. The molecule has 0 aromatic carbocycles. The molecule has 0 bridgehead atoms. The lowest BCUT2D eigenvalue weighted by molar-refractivity contribution is -0.118. The van der Waals surface area contributed by atoms with Gasteiger partial charge in [-0.1, -0.05) is 12.8 Å². The van der Waals surface area contributed by atoms with E-state index in [0.717, 1.165) is 24.8 Å². The van der Waals surface area contributed by atoms with Crippen LogP contribution in [0.2, 0.25) is 0 Å². The van der Waals surface area contributed by atoms with Crippen LogP contribution in [0.5, 0.6) is 0 Å². The molecular weight excluding hydrogens is 200 g/mol. The summed E-state index contributed by atoms with van der Waals surface area (Å²) < 4.78 is 0. The number of amides is 1. The largest absolute Gasteiger partial charge is 0.370 e. The van der Waals surface area contributed by atoms with Crippen molar-refractivity contribution in [3.63, 3.8) is 0 Å². The van der Waals surface area contributed by atoms with Crippen molar-refractivity contribution >= 4 is 5.91 Å². The topological polar surface area (TPSA) is 55.1 Å². The van der Waals surface area contributed by atoms with Crippen LogP contribution in [-0.2, 0) is 4.79 Å². The van der Waals surface area contributed by atoms with Gasteiger partial charge in [-0.3, -0.25) is 4.79 Å². The molecule has 92 valence electrons. The third kappa shape index (κ3) is 3.78. The minimum absolute atomic E-state index is 0.179. The van der Waals surface area contributed by atoms with Crippen LogP contribution in [0.25, 0.3) is 0 Å². The van der Waals surface area contributed by atoms with Crippen molar-refractivity contribution < 1.29 is 4.79 Å². The van der Waals surface area contributed by atoms with Crippen molar-refractivity contribution in [1.82, 2.24) is 5.32 Å². The van der Waals surface area contributed by atoms with Gasteiger partial charge in [0.05, 0.1) is 0 Å². The highest BCUT2D eigenvalue weighted by atomic mass is 16.1. The van der Waals surface area contributed by atoms with Gasteiger partial charge < -0.3 is 11.1 Å². The first kappa shape index (κ1) is 11.9. The van der Waals surface area contributed by atoms with E-state index in [4.69, 9.17) is 5.73 Å². The van der Waals surface area contributed by atoms with E-state index in [0.29, 0.717) is 12.5 Å². The Hall–Kier alpha value is -0.570.